The minimum Gasteiger partial charge on any atom is -0.444 e. The molecule has 0 aliphatic carbocycles. The highest BCUT2D eigenvalue weighted by atomic mass is 19.1. The maximum absolute atomic E-state index is 12.9. The summed E-state index contributed by atoms with van der Waals surface area (Å²) in [6.07, 6.45) is 1.71. The summed E-state index contributed by atoms with van der Waals surface area (Å²) in [6.45, 7) is 4.36. The molecule has 0 spiro atoms. The van der Waals surface area contributed by atoms with Gasteiger partial charge in [0, 0.05) is 31.2 Å². The third-order valence-electron chi connectivity index (χ3n) is 3.80. The lowest BCUT2D eigenvalue weighted by Crippen LogP contribution is -2.52. The summed E-state index contributed by atoms with van der Waals surface area (Å²) < 4.78 is 18.3. The molecule has 2 heterocycles. The largest absolute Gasteiger partial charge is 0.444 e. The predicted octanol–water partition coefficient (Wildman–Crippen LogP) is 1.84. The minimum absolute atomic E-state index is 0.0490. The van der Waals surface area contributed by atoms with Gasteiger partial charge in [-0.05, 0) is 31.2 Å². The SMILES string of the molecule is C[C@H]1CNCCN1C(=O)Cc1coc(-c2ccc(F)cc2)n1. The lowest BCUT2D eigenvalue weighted by molar-refractivity contribution is -0.133. The van der Waals surface area contributed by atoms with Crippen LogP contribution in [0.1, 0.15) is 12.6 Å². The number of nitrogens with one attached hydrogen (secondary N) is 1. The summed E-state index contributed by atoms with van der Waals surface area (Å²) in [6, 6.07) is 6.10. The van der Waals surface area contributed by atoms with Crippen LogP contribution in [0.3, 0.4) is 0 Å². The van der Waals surface area contributed by atoms with E-state index in [0.29, 0.717) is 23.7 Å². The Morgan fingerprint density at radius 2 is 2.23 bits per heavy atom. The van der Waals surface area contributed by atoms with Crippen LogP contribution in [-0.4, -0.2) is 41.5 Å². The molecule has 1 N–H and O–H groups in total. The monoisotopic (exact) mass is 303 g/mol. The molecule has 0 radical (unpaired) electrons. The zero-order valence-electron chi connectivity index (χ0n) is 12.4. The molecule has 22 heavy (non-hydrogen) atoms. The van der Waals surface area contributed by atoms with Crippen molar-refractivity contribution in [2.24, 2.45) is 0 Å². The van der Waals surface area contributed by atoms with E-state index in [0.717, 1.165) is 13.1 Å². The molecular formula is C16H18FN3O2. The Balaban J connectivity index is 1.68. The fourth-order valence-electron chi connectivity index (χ4n) is 2.58. The quantitative estimate of drug-likeness (QED) is 0.940. The first-order valence-electron chi connectivity index (χ1n) is 7.34. The van der Waals surface area contributed by atoms with Crippen molar-refractivity contribution in [1.29, 1.82) is 0 Å². The van der Waals surface area contributed by atoms with Crippen LogP contribution in [0.5, 0.6) is 0 Å². The highest BCUT2D eigenvalue weighted by Gasteiger charge is 2.23. The van der Waals surface area contributed by atoms with Gasteiger partial charge in [0.2, 0.25) is 11.8 Å². The van der Waals surface area contributed by atoms with E-state index >= 15 is 0 Å². The molecule has 5 nitrogen and oxygen atoms in total. The number of oxazole rings is 1. The maximum Gasteiger partial charge on any atom is 0.229 e. The molecule has 2 aromatic rings. The number of aromatic nitrogens is 1. The van der Waals surface area contributed by atoms with Crippen LogP contribution in [-0.2, 0) is 11.2 Å². The van der Waals surface area contributed by atoms with E-state index in [1.165, 1.54) is 18.4 Å². The van der Waals surface area contributed by atoms with E-state index in [9.17, 15) is 9.18 Å². The van der Waals surface area contributed by atoms with E-state index in [1.807, 2.05) is 11.8 Å². The number of hydrogen-bond donors (Lipinski definition) is 1. The van der Waals surface area contributed by atoms with E-state index in [1.54, 1.807) is 12.1 Å². The molecule has 1 saturated heterocycles. The highest BCUT2D eigenvalue weighted by Crippen LogP contribution is 2.19. The van der Waals surface area contributed by atoms with Crippen molar-refractivity contribution in [1.82, 2.24) is 15.2 Å². The summed E-state index contributed by atoms with van der Waals surface area (Å²) in [5.74, 6) is 0.141. The van der Waals surface area contributed by atoms with Crippen LogP contribution in [0, 0.1) is 5.82 Å². The standard InChI is InChI=1S/C16H18FN3O2/c1-11-9-18-6-7-20(11)15(21)8-14-10-22-16(19-14)12-2-4-13(17)5-3-12/h2-5,10-11,18H,6-9H2,1H3/t11-/m0/s1. The van der Waals surface area contributed by atoms with E-state index in [4.69, 9.17) is 4.42 Å². The highest BCUT2D eigenvalue weighted by molar-refractivity contribution is 5.78. The summed E-state index contributed by atoms with van der Waals surface area (Å²) >= 11 is 0. The first kappa shape index (κ1) is 14.7. The first-order chi connectivity index (χ1) is 10.6. The van der Waals surface area contributed by atoms with Crippen LogP contribution in [0.2, 0.25) is 0 Å². The zero-order valence-corrected chi connectivity index (χ0v) is 12.4. The number of halogens is 1. The molecule has 1 atom stereocenters. The average molecular weight is 303 g/mol. The summed E-state index contributed by atoms with van der Waals surface area (Å²) in [5, 5.41) is 3.25. The third-order valence-corrected chi connectivity index (χ3v) is 3.80. The first-order valence-corrected chi connectivity index (χ1v) is 7.34. The minimum atomic E-state index is -0.307. The van der Waals surface area contributed by atoms with Crippen molar-refractivity contribution in [3.63, 3.8) is 0 Å². The van der Waals surface area contributed by atoms with Gasteiger partial charge in [-0.25, -0.2) is 9.37 Å². The molecule has 0 saturated carbocycles. The molecule has 1 aromatic heterocycles. The molecule has 0 unspecified atom stereocenters. The number of piperazine rings is 1. The Labute approximate surface area is 128 Å². The van der Waals surface area contributed by atoms with E-state index in [2.05, 4.69) is 10.3 Å². The topological polar surface area (TPSA) is 58.4 Å². The number of amides is 1. The van der Waals surface area contributed by atoms with Gasteiger partial charge in [0.05, 0.1) is 12.1 Å². The Bertz CT molecular complexity index is 654. The van der Waals surface area contributed by atoms with Gasteiger partial charge in [0.15, 0.2) is 0 Å². The second-order valence-electron chi connectivity index (χ2n) is 5.47. The molecule has 116 valence electrons. The average Bonchev–Trinajstić information content (AvgIpc) is 2.97. The van der Waals surface area contributed by atoms with Gasteiger partial charge < -0.3 is 14.6 Å². The fraction of sp³-hybridized carbons (Fsp3) is 0.375. The molecule has 1 aromatic carbocycles. The Hall–Kier alpha value is -2.21. The van der Waals surface area contributed by atoms with Gasteiger partial charge in [-0.15, -0.1) is 0 Å². The number of carbonyl (C=O) groups excluding carboxylic acids is 1. The maximum atomic E-state index is 12.9. The van der Waals surface area contributed by atoms with Crippen LogP contribution in [0.15, 0.2) is 34.9 Å². The number of carbonyl (C=O) groups is 1. The molecular weight excluding hydrogens is 285 g/mol. The number of benzene rings is 1. The molecule has 6 heteroatoms. The number of hydrogen-bond acceptors (Lipinski definition) is 4. The van der Waals surface area contributed by atoms with Crippen LogP contribution in [0.4, 0.5) is 4.39 Å². The lowest BCUT2D eigenvalue weighted by Gasteiger charge is -2.33. The van der Waals surface area contributed by atoms with E-state index in [-0.39, 0.29) is 24.2 Å². The van der Waals surface area contributed by atoms with Crippen molar-refractivity contribution in [3.8, 4) is 11.5 Å². The van der Waals surface area contributed by atoms with Crippen LogP contribution < -0.4 is 5.32 Å². The van der Waals surface area contributed by atoms with Crippen molar-refractivity contribution in [2.45, 2.75) is 19.4 Å². The third kappa shape index (κ3) is 3.17. The van der Waals surface area contributed by atoms with Gasteiger partial charge >= 0.3 is 0 Å². The van der Waals surface area contributed by atoms with Crippen LogP contribution >= 0.6 is 0 Å². The number of nitrogens with zero attached hydrogens (tertiary/aromatic N) is 2. The molecule has 1 aliphatic rings. The zero-order chi connectivity index (χ0) is 15.5. The van der Waals surface area contributed by atoms with Crippen molar-refractivity contribution in [3.05, 3.63) is 42.0 Å². The molecule has 3 rings (SSSR count). The fourth-order valence-corrected chi connectivity index (χ4v) is 2.58. The summed E-state index contributed by atoms with van der Waals surface area (Å²) in [5.41, 5.74) is 1.28. The van der Waals surface area contributed by atoms with Crippen molar-refractivity contribution < 1.29 is 13.6 Å². The van der Waals surface area contributed by atoms with E-state index < -0.39 is 0 Å². The molecule has 1 amide bonds. The Morgan fingerprint density at radius 1 is 1.45 bits per heavy atom. The molecule has 1 fully saturated rings. The second kappa shape index (κ2) is 6.27. The normalized spacial score (nSPS) is 18.5. The van der Waals surface area contributed by atoms with Gasteiger partial charge in [0.25, 0.3) is 0 Å². The summed E-state index contributed by atoms with van der Waals surface area (Å²) in [7, 11) is 0. The Kier molecular flexibility index (Phi) is 4.20. The number of rotatable bonds is 3. The van der Waals surface area contributed by atoms with Crippen LogP contribution in [0.25, 0.3) is 11.5 Å². The summed E-state index contributed by atoms with van der Waals surface area (Å²) in [4.78, 5) is 18.5. The van der Waals surface area contributed by atoms with Gasteiger partial charge in [-0.3, -0.25) is 4.79 Å². The predicted molar refractivity (Wildman–Crippen MR) is 79.6 cm³/mol. The van der Waals surface area contributed by atoms with Gasteiger partial charge in [0.1, 0.15) is 12.1 Å². The van der Waals surface area contributed by atoms with Gasteiger partial charge in [-0.1, -0.05) is 0 Å². The second-order valence-corrected chi connectivity index (χ2v) is 5.47. The lowest BCUT2D eigenvalue weighted by atomic mass is 10.2. The van der Waals surface area contributed by atoms with Gasteiger partial charge in [-0.2, -0.15) is 0 Å². The molecule has 1 aliphatic heterocycles. The smallest absolute Gasteiger partial charge is 0.229 e. The molecule has 0 bridgehead atoms. The van der Waals surface area contributed by atoms with Crippen molar-refractivity contribution in [2.75, 3.05) is 19.6 Å². The van der Waals surface area contributed by atoms with Crippen molar-refractivity contribution >= 4 is 5.91 Å². The Morgan fingerprint density at radius 3 is 2.95 bits per heavy atom.